The maximum atomic E-state index is 3.68. The van der Waals surface area contributed by atoms with Crippen LogP contribution < -0.4 is 5.32 Å². The van der Waals surface area contributed by atoms with Crippen LogP contribution in [0.3, 0.4) is 0 Å². The van der Waals surface area contributed by atoms with Gasteiger partial charge in [0.2, 0.25) is 0 Å². The van der Waals surface area contributed by atoms with E-state index in [0.29, 0.717) is 5.54 Å². The van der Waals surface area contributed by atoms with Gasteiger partial charge in [-0.1, -0.05) is 6.92 Å². The van der Waals surface area contributed by atoms with E-state index >= 15 is 0 Å². The first-order chi connectivity index (χ1) is 7.37. The van der Waals surface area contributed by atoms with Crippen molar-refractivity contribution in [2.75, 3.05) is 13.1 Å². The van der Waals surface area contributed by atoms with Crippen molar-refractivity contribution in [3.63, 3.8) is 0 Å². The highest BCUT2D eigenvalue weighted by Crippen LogP contribution is 2.44. The molecule has 1 aliphatic carbocycles. The molecule has 0 spiro atoms. The molecule has 1 saturated carbocycles. The lowest BCUT2D eigenvalue weighted by Crippen LogP contribution is -2.66. The third-order valence-electron chi connectivity index (χ3n) is 4.61. The van der Waals surface area contributed by atoms with Gasteiger partial charge in [0.1, 0.15) is 0 Å². The van der Waals surface area contributed by atoms with E-state index in [4.69, 9.17) is 0 Å². The Labute approximate surface area is 101 Å². The summed E-state index contributed by atoms with van der Waals surface area (Å²) in [7, 11) is 0. The van der Waals surface area contributed by atoms with Gasteiger partial charge in [-0.3, -0.25) is 4.90 Å². The Kier molecular flexibility index (Phi) is 3.09. The number of piperazine rings is 1. The predicted octanol–water partition coefficient (Wildman–Crippen LogP) is 2.64. The SMILES string of the molecule is CCC1CNC(C)(C)CN1C(C)(C)C1CC1. The highest BCUT2D eigenvalue weighted by atomic mass is 15.3. The largest absolute Gasteiger partial charge is 0.309 e. The molecule has 16 heavy (non-hydrogen) atoms. The zero-order chi connectivity index (χ0) is 12.0. The summed E-state index contributed by atoms with van der Waals surface area (Å²) in [4.78, 5) is 2.78. The maximum absolute atomic E-state index is 3.68. The first kappa shape index (κ1) is 12.4. The number of nitrogens with zero attached hydrogens (tertiary/aromatic N) is 1. The van der Waals surface area contributed by atoms with Crippen molar-refractivity contribution in [2.24, 2.45) is 5.92 Å². The average molecular weight is 224 g/mol. The summed E-state index contributed by atoms with van der Waals surface area (Å²) in [6.45, 7) is 14.2. The molecule has 1 N–H and O–H groups in total. The molecule has 1 heterocycles. The topological polar surface area (TPSA) is 15.3 Å². The van der Waals surface area contributed by atoms with Crippen LogP contribution in [-0.2, 0) is 0 Å². The number of hydrogen-bond donors (Lipinski definition) is 1. The third kappa shape index (κ3) is 2.28. The lowest BCUT2D eigenvalue weighted by atomic mass is 9.88. The molecule has 0 aromatic carbocycles. The number of rotatable bonds is 3. The Balaban J connectivity index is 2.14. The Morgan fingerprint density at radius 3 is 2.44 bits per heavy atom. The molecule has 1 unspecified atom stereocenters. The third-order valence-corrected chi connectivity index (χ3v) is 4.61. The summed E-state index contributed by atoms with van der Waals surface area (Å²) < 4.78 is 0. The highest BCUT2D eigenvalue weighted by molar-refractivity contribution is 5.03. The molecule has 1 saturated heterocycles. The van der Waals surface area contributed by atoms with E-state index < -0.39 is 0 Å². The van der Waals surface area contributed by atoms with E-state index in [1.165, 1.54) is 25.8 Å². The molecule has 0 bridgehead atoms. The molecule has 2 nitrogen and oxygen atoms in total. The van der Waals surface area contributed by atoms with Crippen LogP contribution in [0.2, 0.25) is 0 Å². The molecule has 2 fully saturated rings. The summed E-state index contributed by atoms with van der Waals surface area (Å²) in [6.07, 6.45) is 4.14. The fourth-order valence-corrected chi connectivity index (χ4v) is 3.18. The molecule has 0 radical (unpaired) electrons. The standard InChI is InChI=1S/C14H28N2/c1-6-12-9-15-13(2,3)10-16(12)14(4,5)11-7-8-11/h11-12,15H,6-10H2,1-5H3. The Hall–Kier alpha value is -0.0800. The molecule has 0 aromatic rings. The molecule has 1 aliphatic heterocycles. The summed E-state index contributed by atoms with van der Waals surface area (Å²) in [5.74, 6) is 0.940. The van der Waals surface area contributed by atoms with Gasteiger partial charge in [-0.15, -0.1) is 0 Å². The zero-order valence-electron chi connectivity index (χ0n) is 11.6. The van der Waals surface area contributed by atoms with E-state index in [-0.39, 0.29) is 5.54 Å². The van der Waals surface area contributed by atoms with Crippen LogP contribution in [0, 0.1) is 5.92 Å². The van der Waals surface area contributed by atoms with Gasteiger partial charge in [-0.05, 0) is 52.9 Å². The van der Waals surface area contributed by atoms with Crippen LogP contribution in [0.4, 0.5) is 0 Å². The van der Waals surface area contributed by atoms with Crippen molar-refractivity contribution in [3.05, 3.63) is 0 Å². The molecule has 0 aromatic heterocycles. The van der Waals surface area contributed by atoms with Gasteiger partial charge in [0, 0.05) is 30.2 Å². The molecular formula is C14H28N2. The van der Waals surface area contributed by atoms with Crippen molar-refractivity contribution >= 4 is 0 Å². The number of nitrogens with one attached hydrogen (secondary N) is 1. The normalized spacial score (nSPS) is 31.7. The quantitative estimate of drug-likeness (QED) is 0.793. The second kappa shape index (κ2) is 3.99. The zero-order valence-corrected chi connectivity index (χ0v) is 11.6. The molecule has 94 valence electrons. The second-order valence-corrected chi connectivity index (χ2v) is 6.88. The van der Waals surface area contributed by atoms with Crippen molar-refractivity contribution in [2.45, 2.75) is 71.0 Å². The van der Waals surface area contributed by atoms with Gasteiger partial charge in [-0.25, -0.2) is 0 Å². The molecule has 2 heteroatoms. The van der Waals surface area contributed by atoms with Gasteiger partial charge < -0.3 is 5.32 Å². The second-order valence-electron chi connectivity index (χ2n) is 6.88. The van der Waals surface area contributed by atoms with Crippen LogP contribution in [-0.4, -0.2) is 35.1 Å². The summed E-state index contributed by atoms with van der Waals surface area (Å²) in [5, 5.41) is 3.68. The maximum Gasteiger partial charge on any atom is 0.0253 e. The molecular weight excluding hydrogens is 196 g/mol. The van der Waals surface area contributed by atoms with Gasteiger partial charge in [0.25, 0.3) is 0 Å². The molecule has 2 aliphatic rings. The minimum Gasteiger partial charge on any atom is -0.309 e. The van der Waals surface area contributed by atoms with Gasteiger partial charge in [-0.2, -0.15) is 0 Å². The average Bonchev–Trinajstić information content (AvgIpc) is 2.99. The van der Waals surface area contributed by atoms with Crippen LogP contribution in [0.1, 0.15) is 53.9 Å². The van der Waals surface area contributed by atoms with E-state index in [0.717, 1.165) is 18.5 Å². The Morgan fingerprint density at radius 1 is 1.31 bits per heavy atom. The molecule has 1 atom stereocenters. The van der Waals surface area contributed by atoms with Crippen LogP contribution >= 0.6 is 0 Å². The van der Waals surface area contributed by atoms with Crippen molar-refractivity contribution in [1.82, 2.24) is 10.2 Å². The fraction of sp³-hybridized carbons (Fsp3) is 1.00. The molecule has 2 rings (SSSR count). The number of hydrogen-bond acceptors (Lipinski definition) is 2. The Morgan fingerprint density at radius 2 is 1.94 bits per heavy atom. The van der Waals surface area contributed by atoms with Crippen molar-refractivity contribution in [1.29, 1.82) is 0 Å². The Bertz CT molecular complexity index is 253. The van der Waals surface area contributed by atoms with Crippen LogP contribution in [0.25, 0.3) is 0 Å². The van der Waals surface area contributed by atoms with Crippen molar-refractivity contribution in [3.8, 4) is 0 Å². The van der Waals surface area contributed by atoms with E-state index in [1.807, 2.05) is 0 Å². The summed E-state index contributed by atoms with van der Waals surface area (Å²) in [6, 6.07) is 0.726. The monoisotopic (exact) mass is 224 g/mol. The van der Waals surface area contributed by atoms with Crippen LogP contribution in [0.15, 0.2) is 0 Å². The van der Waals surface area contributed by atoms with E-state index in [2.05, 4.69) is 44.8 Å². The first-order valence-corrected chi connectivity index (χ1v) is 6.88. The molecule has 0 amide bonds. The van der Waals surface area contributed by atoms with Gasteiger partial charge in [0.15, 0.2) is 0 Å². The lowest BCUT2D eigenvalue weighted by Gasteiger charge is -2.52. The summed E-state index contributed by atoms with van der Waals surface area (Å²) >= 11 is 0. The van der Waals surface area contributed by atoms with Crippen LogP contribution in [0.5, 0.6) is 0 Å². The smallest absolute Gasteiger partial charge is 0.0253 e. The van der Waals surface area contributed by atoms with E-state index in [1.54, 1.807) is 0 Å². The van der Waals surface area contributed by atoms with Gasteiger partial charge in [0.05, 0.1) is 0 Å². The minimum absolute atomic E-state index is 0.276. The minimum atomic E-state index is 0.276. The van der Waals surface area contributed by atoms with E-state index in [9.17, 15) is 0 Å². The highest BCUT2D eigenvalue weighted by Gasteiger charge is 2.47. The first-order valence-electron chi connectivity index (χ1n) is 6.88. The van der Waals surface area contributed by atoms with Crippen molar-refractivity contribution < 1.29 is 0 Å². The predicted molar refractivity (Wildman–Crippen MR) is 69.7 cm³/mol. The van der Waals surface area contributed by atoms with Gasteiger partial charge >= 0.3 is 0 Å². The fourth-order valence-electron chi connectivity index (χ4n) is 3.18. The summed E-state index contributed by atoms with van der Waals surface area (Å²) in [5.41, 5.74) is 0.678. The lowest BCUT2D eigenvalue weighted by molar-refractivity contribution is -0.00379.